The Hall–Kier alpha value is -0.720. The summed E-state index contributed by atoms with van der Waals surface area (Å²) in [6.07, 6.45) is 1.90. The summed E-state index contributed by atoms with van der Waals surface area (Å²) in [6.45, 7) is 4.66. The van der Waals surface area contributed by atoms with Gasteiger partial charge in [0.1, 0.15) is 0 Å². The molecule has 0 aliphatic carbocycles. The molecule has 0 bridgehead atoms. The minimum Gasteiger partial charge on any atom is -0.399 e. The lowest BCUT2D eigenvalue weighted by molar-refractivity contribution is 0.292. The van der Waals surface area contributed by atoms with Crippen LogP contribution in [0, 0.1) is 0 Å². The van der Waals surface area contributed by atoms with Gasteiger partial charge in [-0.1, -0.05) is 0 Å². The largest absolute Gasteiger partial charge is 0.399 e. The molecule has 1 aromatic carbocycles. The fourth-order valence-corrected chi connectivity index (χ4v) is 5.75. The molecular weight excluding hydrogens is 292 g/mol. The van der Waals surface area contributed by atoms with Crippen LogP contribution in [0.5, 0.6) is 0 Å². The molecule has 2 N–H and O–H groups in total. The summed E-state index contributed by atoms with van der Waals surface area (Å²) < 4.78 is 26.4. The number of anilines is 1. The normalized spacial score (nSPS) is 19.3. The molecule has 1 aromatic rings. The van der Waals surface area contributed by atoms with E-state index in [-0.39, 0.29) is 11.3 Å². The van der Waals surface area contributed by atoms with Crippen LogP contribution < -0.4 is 5.73 Å². The van der Waals surface area contributed by atoms with Gasteiger partial charge in [0.05, 0.1) is 5.75 Å². The molecular formula is C14H22N2O2S2. The van der Waals surface area contributed by atoms with Gasteiger partial charge in [-0.25, -0.2) is 8.42 Å². The average Bonchev–Trinajstić information content (AvgIpc) is 2.72. The first-order chi connectivity index (χ1) is 9.31. The fourth-order valence-electron chi connectivity index (χ4n) is 2.54. The Balaban J connectivity index is 1.91. The number of hydrogen-bond acceptors (Lipinski definition) is 4. The van der Waals surface area contributed by atoms with Crippen LogP contribution in [0.4, 0.5) is 5.69 Å². The van der Waals surface area contributed by atoms with Crippen LogP contribution >= 0.6 is 11.8 Å². The van der Waals surface area contributed by atoms with Crippen LogP contribution in [-0.4, -0.2) is 36.3 Å². The van der Waals surface area contributed by atoms with E-state index in [4.69, 9.17) is 5.73 Å². The summed E-state index contributed by atoms with van der Waals surface area (Å²) in [5.41, 5.74) is 6.12. The summed E-state index contributed by atoms with van der Waals surface area (Å²) >= 11 is 1.55. The van der Waals surface area contributed by atoms with Crippen LogP contribution in [0.3, 0.4) is 0 Å². The first-order valence-corrected chi connectivity index (χ1v) is 9.40. The zero-order valence-corrected chi connectivity index (χ0v) is 13.6. The van der Waals surface area contributed by atoms with Gasteiger partial charge in [-0.05, 0) is 51.0 Å². The van der Waals surface area contributed by atoms with Gasteiger partial charge in [0.2, 0.25) is 10.0 Å². The van der Waals surface area contributed by atoms with E-state index >= 15 is 0 Å². The Labute approximate surface area is 125 Å². The molecule has 2 rings (SSSR count). The van der Waals surface area contributed by atoms with Gasteiger partial charge in [0.15, 0.2) is 0 Å². The molecule has 4 nitrogen and oxygen atoms in total. The molecule has 1 aliphatic rings. The van der Waals surface area contributed by atoms with Crippen molar-refractivity contribution in [3.05, 3.63) is 24.3 Å². The Morgan fingerprint density at radius 2 is 1.95 bits per heavy atom. The highest BCUT2D eigenvalue weighted by Crippen LogP contribution is 2.31. The number of rotatable bonds is 5. The highest BCUT2D eigenvalue weighted by Gasteiger charge is 2.39. The van der Waals surface area contributed by atoms with Crippen molar-refractivity contribution in [3.8, 4) is 0 Å². The van der Waals surface area contributed by atoms with Crippen LogP contribution in [0.2, 0.25) is 0 Å². The van der Waals surface area contributed by atoms with Crippen molar-refractivity contribution in [3.63, 3.8) is 0 Å². The first-order valence-electron chi connectivity index (χ1n) is 6.80. The van der Waals surface area contributed by atoms with Crippen LogP contribution in [0.1, 0.15) is 26.7 Å². The molecule has 20 heavy (non-hydrogen) atoms. The van der Waals surface area contributed by atoms with Gasteiger partial charge in [0, 0.05) is 28.4 Å². The van der Waals surface area contributed by atoms with Gasteiger partial charge < -0.3 is 5.73 Å². The van der Waals surface area contributed by atoms with Gasteiger partial charge in [-0.2, -0.15) is 4.31 Å². The lowest BCUT2D eigenvalue weighted by Crippen LogP contribution is -2.44. The predicted octanol–water partition coefficient (Wildman–Crippen LogP) is 2.57. The van der Waals surface area contributed by atoms with Crippen molar-refractivity contribution in [1.29, 1.82) is 0 Å². The van der Waals surface area contributed by atoms with Gasteiger partial charge >= 0.3 is 0 Å². The maximum atomic E-state index is 12.4. The third-order valence-electron chi connectivity index (χ3n) is 3.65. The Kier molecular flexibility index (Phi) is 4.66. The topological polar surface area (TPSA) is 63.4 Å². The molecule has 112 valence electrons. The lowest BCUT2D eigenvalue weighted by Gasteiger charge is -2.30. The van der Waals surface area contributed by atoms with Crippen LogP contribution in [-0.2, 0) is 10.0 Å². The maximum absolute atomic E-state index is 12.4. The number of hydrogen-bond donors (Lipinski definition) is 1. The number of nitrogens with two attached hydrogens (primary N) is 1. The number of sulfonamides is 1. The lowest BCUT2D eigenvalue weighted by atomic mass is 10.0. The summed E-state index contributed by atoms with van der Waals surface area (Å²) in [7, 11) is -3.16. The second kappa shape index (κ2) is 5.95. The minimum absolute atomic E-state index is 0.186. The zero-order chi connectivity index (χ0) is 14.8. The van der Waals surface area contributed by atoms with Crippen LogP contribution in [0.25, 0.3) is 0 Å². The van der Waals surface area contributed by atoms with E-state index < -0.39 is 10.0 Å². The zero-order valence-electron chi connectivity index (χ0n) is 12.0. The summed E-state index contributed by atoms with van der Waals surface area (Å²) in [5.74, 6) is 0.754. The Morgan fingerprint density at radius 1 is 1.30 bits per heavy atom. The SMILES string of the molecule is CC1(C)CCCN1S(=O)(=O)CCSc1ccc(N)cc1. The average molecular weight is 314 g/mol. The van der Waals surface area contributed by atoms with E-state index in [0.717, 1.165) is 23.4 Å². The molecule has 6 heteroatoms. The third-order valence-corrected chi connectivity index (χ3v) is 6.99. The van der Waals surface area contributed by atoms with Crippen molar-refractivity contribution in [2.75, 3.05) is 23.8 Å². The molecule has 0 saturated carbocycles. The molecule has 0 amide bonds. The molecule has 0 atom stereocenters. The molecule has 1 saturated heterocycles. The second-order valence-corrected chi connectivity index (χ2v) is 8.90. The summed E-state index contributed by atoms with van der Waals surface area (Å²) in [6, 6.07) is 7.51. The third kappa shape index (κ3) is 3.68. The number of nitrogens with zero attached hydrogens (tertiary/aromatic N) is 1. The monoisotopic (exact) mass is 314 g/mol. The minimum atomic E-state index is -3.16. The van der Waals surface area contributed by atoms with Crippen molar-refractivity contribution >= 4 is 27.5 Å². The Morgan fingerprint density at radius 3 is 2.50 bits per heavy atom. The van der Waals surface area contributed by atoms with Gasteiger partial charge in [0.25, 0.3) is 0 Å². The number of benzene rings is 1. The standard InChI is InChI=1S/C14H22N2O2S2/c1-14(2)8-3-9-16(14)20(17,18)11-10-19-13-6-4-12(15)5-7-13/h4-7H,3,8-11,15H2,1-2H3. The highest BCUT2D eigenvalue weighted by molar-refractivity contribution is 8.00. The predicted molar refractivity (Wildman–Crippen MR) is 85.4 cm³/mol. The van der Waals surface area contributed by atoms with E-state index in [0.29, 0.717) is 12.3 Å². The van der Waals surface area contributed by atoms with Crippen LogP contribution in [0.15, 0.2) is 29.2 Å². The van der Waals surface area contributed by atoms with Crippen molar-refractivity contribution in [1.82, 2.24) is 4.31 Å². The number of nitrogen functional groups attached to an aromatic ring is 1. The molecule has 0 aromatic heterocycles. The van der Waals surface area contributed by atoms with E-state index in [1.807, 2.05) is 38.1 Å². The quantitative estimate of drug-likeness (QED) is 0.670. The fraction of sp³-hybridized carbons (Fsp3) is 0.571. The van der Waals surface area contributed by atoms with E-state index in [1.54, 1.807) is 16.1 Å². The highest BCUT2D eigenvalue weighted by atomic mass is 32.2. The van der Waals surface area contributed by atoms with Crippen molar-refractivity contribution < 1.29 is 8.42 Å². The van der Waals surface area contributed by atoms with E-state index in [2.05, 4.69) is 0 Å². The first kappa shape index (κ1) is 15.7. The van der Waals surface area contributed by atoms with E-state index in [9.17, 15) is 8.42 Å². The van der Waals surface area contributed by atoms with Gasteiger partial charge in [-0.3, -0.25) is 0 Å². The van der Waals surface area contributed by atoms with E-state index in [1.165, 1.54) is 0 Å². The molecule has 1 aliphatic heterocycles. The molecule has 0 unspecified atom stereocenters. The van der Waals surface area contributed by atoms with Crippen molar-refractivity contribution in [2.24, 2.45) is 0 Å². The summed E-state index contributed by atoms with van der Waals surface area (Å²) in [5, 5.41) is 0. The molecule has 1 heterocycles. The molecule has 0 spiro atoms. The molecule has 0 radical (unpaired) electrons. The Bertz CT molecular complexity index is 553. The maximum Gasteiger partial charge on any atom is 0.215 e. The second-order valence-electron chi connectivity index (χ2n) is 5.72. The molecule has 1 fully saturated rings. The van der Waals surface area contributed by atoms with Crippen molar-refractivity contribution in [2.45, 2.75) is 37.1 Å². The smallest absolute Gasteiger partial charge is 0.215 e. The summed E-state index contributed by atoms with van der Waals surface area (Å²) in [4.78, 5) is 1.05. The van der Waals surface area contributed by atoms with Gasteiger partial charge in [-0.15, -0.1) is 11.8 Å². The number of thioether (sulfide) groups is 1.